The molecule has 2 aromatic rings. The van der Waals surface area contributed by atoms with Crippen LogP contribution in [0.2, 0.25) is 0 Å². The number of likely N-dealkylation sites (tertiary alicyclic amines) is 2. The number of aliphatic hydroxyl groups is 1. The fraction of sp³-hybridized carbons (Fsp3) is 0.684. The smallest absolute Gasteiger partial charge is 0.0641 e. The molecule has 2 unspecified atom stereocenters. The van der Waals surface area contributed by atoms with Crippen molar-refractivity contribution in [2.45, 2.75) is 40.4 Å². The molecule has 7 heteroatoms. The summed E-state index contributed by atoms with van der Waals surface area (Å²) in [5.74, 6) is 0.544. The molecule has 0 aliphatic carbocycles. The molecule has 2 saturated heterocycles. The van der Waals surface area contributed by atoms with Gasteiger partial charge in [-0.3, -0.25) is 14.5 Å². The highest BCUT2D eigenvalue weighted by molar-refractivity contribution is 7.05. The van der Waals surface area contributed by atoms with Gasteiger partial charge in [0.2, 0.25) is 0 Å². The molecule has 1 N–H and O–H groups in total. The molecule has 0 radical (unpaired) electrons. The minimum atomic E-state index is 0.0211. The van der Waals surface area contributed by atoms with E-state index in [0.29, 0.717) is 5.92 Å². The van der Waals surface area contributed by atoms with E-state index in [2.05, 4.69) is 50.8 Å². The molecule has 142 valence electrons. The zero-order valence-electron chi connectivity index (χ0n) is 16.0. The van der Waals surface area contributed by atoms with Crippen LogP contribution >= 0.6 is 11.5 Å². The zero-order chi connectivity index (χ0) is 18.3. The van der Waals surface area contributed by atoms with Crippen molar-refractivity contribution in [2.24, 2.45) is 11.3 Å². The Morgan fingerprint density at radius 1 is 1.23 bits per heavy atom. The van der Waals surface area contributed by atoms with Crippen LogP contribution in [-0.4, -0.2) is 61.8 Å². The van der Waals surface area contributed by atoms with Crippen molar-refractivity contribution >= 4 is 11.5 Å². The maximum absolute atomic E-state index is 10.2. The van der Waals surface area contributed by atoms with Crippen LogP contribution in [0.15, 0.2) is 12.3 Å². The molecule has 0 bridgehead atoms. The van der Waals surface area contributed by atoms with Crippen molar-refractivity contribution in [1.82, 2.24) is 24.0 Å². The van der Waals surface area contributed by atoms with Gasteiger partial charge in [-0.25, -0.2) is 4.37 Å². The molecular formula is C19H29N5OS. The second-order valence-electron chi connectivity index (χ2n) is 8.00. The molecule has 0 spiro atoms. The summed E-state index contributed by atoms with van der Waals surface area (Å²) < 4.78 is 6.31. The number of hydrogen-bond acceptors (Lipinski definition) is 6. The SMILES string of the molecule is CCn1nc(C)c(CN2CC3CN(Cc4ccns4)CC3(CO)C2)c1C. The Bertz CT molecular complexity index is 758. The van der Waals surface area contributed by atoms with Gasteiger partial charge in [0.15, 0.2) is 0 Å². The van der Waals surface area contributed by atoms with Crippen molar-refractivity contribution in [3.8, 4) is 0 Å². The molecule has 0 saturated carbocycles. The summed E-state index contributed by atoms with van der Waals surface area (Å²) in [5.41, 5.74) is 3.81. The molecule has 26 heavy (non-hydrogen) atoms. The standard InChI is InChI=1S/C19H29N5OS/c1-4-24-15(3)18(14(2)21-24)10-23-8-16-7-22(9-17-5-6-20-26-17)11-19(16,12-23)13-25/h5-6,16,25H,4,7-13H2,1-3H3. The number of rotatable bonds is 6. The highest BCUT2D eigenvalue weighted by Crippen LogP contribution is 2.43. The van der Waals surface area contributed by atoms with Crippen molar-refractivity contribution in [2.75, 3.05) is 32.8 Å². The quantitative estimate of drug-likeness (QED) is 0.836. The number of nitrogens with zero attached hydrogens (tertiary/aromatic N) is 5. The van der Waals surface area contributed by atoms with Crippen molar-refractivity contribution in [3.05, 3.63) is 34.1 Å². The lowest BCUT2D eigenvalue weighted by molar-refractivity contribution is 0.110. The van der Waals surface area contributed by atoms with Crippen LogP contribution in [0.1, 0.15) is 28.8 Å². The molecule has 2 aliphatic rings. The number of aryl methyl sites for hydroxylation is 2. The normalized spacial score (nSPS) is 26.7. The molecule has 0 aromatic carbocycles. The van der Waals surface area contributed by atoms with Gasteiger partial charge in [0.05, 0.1) is 12.3 Å². The van der Waals surface area contributed by atoms with Crippen LogP contribution in [0.5, 0.6) is 0 Å². The Morgan fingerprint density at radius 3 is 2.50 bits per heavy atom. The van der Waals surface area contributed by atoms with Crippen LogP contribution in [-0.2, 0) is 19.6 Å². The molecule has 2 atom stereocenters. The minimum absolute atomic E-state index is 0.0211. The summed E-state index contributed by atoms with van der Waals surface area (Å²) in [6.45, 7) is 13.6. The summed E-state index contributed by atoms with van der Waals surface area (Å²) in [6, 6.07) is 2.10. The maximum atomic E-state index is 10.2. The molecule has 6 nitrogen and oxygen atoms in total. The van der Waals surface area contributed by atoms with Crippen molar-refractivity contribution in [1.29, 1.82) is 0 Å². The molecular weight excluding hydrogens is 346 g/mol. The lowest BCUT2D eigenvalue weighted by atomic mass is 9.82. The summed E-state index contributed by atoms with van der Waals surface area (Å²) >= 11 is 1.58. The predicted octanol–water partition coefficient (Wildman–Crippen LogP) is 1.90. The van der Waals surface area contributed by atoms with Crippen LogP contribution in [0.25, 0.3) is 0 Å². The summed E-state index contributed by atoms with van der Waals surface area (Å²) in [4.78, 5) is 6.34. The monoisotopic (exact) mass is 375 g/mol. The van der Waals surface area contributed by atoms with E-state index in [-0.39, 0.29) is 12.0 Å². The van der Waals surface area contributed by atoms with Crippen LogP contribution in [0, 0.1) is 25.2 Å². The fourth-order valence-electron chi connectivity index (χ4n) is 4.90. The summed E-state index contributed by atoms with van der Waals surface area (Å²) in [5, 5.41) is 14.9. The number of aromatic nitrogens is 3. The zero-order valence-corrected chi connectivity index (χ0v) is 16.8. The molecule has 0 amide bonds. The van der Waals surface area contributed by atoms with Gasteiger partial charge in [0.1, 0.15) is 0 Å². The Hall–Kier alpha value is -1.28. The number of fused-ring (bicyclic) bond motifs is 1. The highest BCUT2D eigenvalue weighted by Gasteiger charge is 2.51. The Kier molecular flexibility index (Phi) is 4.90. The van der Waals surface area contributed by atoms with E-state index in [9.17, 15) is 5.11 Å². The van der Waals surface area contributed by atoms with E-state index in [4.69, 9.17) is 0 Å². The fourth-order valence-corrected chi connectivity index (χ4v) is 5.52. The average Bonchev–Trinajstić information content (AvgIpc) is 3.35. The molecule has 2 fully saturated rings. The lowest BCUT2D eigenvalue weighted by Crippen LogP contribution is -2.36. The Labute approximate surface area is 159 Å². The van der Waals surface area contributed by atoms with E-state index < -0.39 is 0 Å². The van der Waals surface area contributed by atoms with Gasteiger partial charge in [-0.05, 0) is 44.3 Å². The first-order chi connectivity index (χ1) is 12.5. The lowest BCUT2D eigenvalue weighted by Gasteiger charge is -2.27. The van der Waals surface area contributed by atoms with Gasteiger partial charge in [-0.1, -0.05) is 0 Å². The van der Waals surface area contributed by atoms with Gasteiger partial charge in [-0.15, -0.1) is 0 Å². The molecule has 2 aliphatic heterocycles. The van der Waals surface area contributed by atoms with Crippen molar-refractivity contribution < 1.29 is 5.11 Å². The summed E-state index contributed by atoms with van der Waals surface area (Å²) in [6.07, 6.45) is 1.88. The first-order valence-electron chi connectivity index (χ1n) is 9.52. The first kappa shape index (κ1) is 18.1. The Balaban J connectivity index is 1.44. The summed E-state index contributed by atoms with van der Waals surface area (Å²) in [7, 11) is 0. The third-order valence-electron chi connectivity index (χ3n) is 6.30. The topological polar surface area (TPSA) is 57.4 Å². The maximum Gasteiger partial charge on any atom is 0.0641 e. The third-order valence-corrected chi connectivity index (χ3v) is 7.03. The van der Waals surface area contributed by atoms with E-state index in [1.54, 1.807) is 11.5 Å². The number of hydrogen-bond donors (Lipinski definition) is 1. The largest absolute Gasteiger partial charge is 0.396 e. The second kappa shape index (κ2) is 7.03. The molecule has 2 aromatic heterocycles. The molecule has 4 rings (SSSR count). The van der Waals surface area contributed by atoms with Gasteiger partial charge >= 0.3 is 0 Å². The van der Waals surface area contributed by atoms with Gasteiger partial charge < -0.3 is 5.11 Å². The van der Waals surface area contributed by atoms with E-state index >= 15 is 0 Å². The van der Waals surface area contributed by atoms with E-state index in [1.165, 1.54) is 16.1 Å². The first-order valence-corrected chi connectivity index (χ1v) is 10.3. The third kappa shape index (κ3) is 3.11. The second-order valence-corrected chi connectivity index (χ2v) is 8.92. The highest BCUT2D eigenvalue weighted by atomic mass is 32.1. The van der Waals surface area contributed by atoms with Gasteiger partial charge in [0.25, 0.3) is 0 Å². The molecule has 4 heterocycles. The van der Waals surface area contributed by atoms with Gasteiger partial charge in [0, 0.05) is 73.6 Å². The van der Waals surface area contributed by atoms with E-state index in [0.717, 1.165) is 51.5 Å². The van der Waals surface area contributed by atoms with Crippen LogP contribution in [0.3, 0.4) is 0 Å². The average molecular weight is 376 g/mol. The Morgan fingerprint density at radius 2 is 1.96 bits per heavy atom. The van der Waals surface area contributed by atoms with Gasteiger partial charge in [-0.2, -0.15) is 5.10 Å². The van der Waals surface area contributed by atoms with Crippen molar-refractivity contribution in [3.63, 3.8) is 0 Å². The predicted molar refractivity (Wildman–Crippen MR) is 103 cm³/mol. The van der Waals surface area contributed by atoms with Crippen LogP contribution < -0.4 is 0 Å². The minimum Gasteiger partial charge on any atom is -0.396 e. The van der Waals surface area contributed by atoms with E-state index in [1.807, 2.05) is 6.20 Å². The van der Waals surface area contributed by atoms with Crippen LogP contribution in [0.4, 0.5) is 0 Å². The number of aliphatic hydroxyl groups excluding tert-OH is 1.